The lowest BCUT2D eigenvalue weighted by atomic mass is 10.0. The zero-order valence-corrected chi connectivity index (χ0v) is 19.8. The summed E-state index contributed by atoms with van der Waals surface area (Å²) >= 11 is 6.63. The fourth-order valence-corrected chi connectivity index (χ4v) is 7.15. The van der Waals surface area contributed by atoms with Gasteiger partial charge < -0.3 is 9.74 Å². The average molecular weight is 440 g/mol. The summed E-state index contributed by atoms with van der Waals surface area (Å²) < 4.78 is 33.8. The normalized spacial score (nSPS) is 13.0. The molecule has 2 aromatic rings. The minimum Gasteiger partial charge on any atom is -0.409 e. The largest absolute Gasteiger partial charge is 0.409 e. The van der Waals surface area contributed by atoms with Gasteiger partial charge in [-0.2, -0.15) is 0 Å². The highest BCUT2D eigenvalue weighted by Gasteiger charge is 2.33. The van der Waals surface area contributed by atoms with E-state index in [0.29, 0.717) is 23.7 Å². The summed E-state index contributed by atoms with van der Waals surface area (Å²) in [7, 11) is -1.89. The molecule has 0 bridgehead atoms. The Morgan fingerprint density at radius 1 is 0.966 bits per heavy atom. The van der Waals surface area contributed by atoms with E-state index < -0.39 is 20.0 Å². The highest BCUT2D eigenvalue weighted by molar-refractivity contribution is 6.73. The SMILES string of the molecule is CC[Si](CC)(CC)OC(CNCc1cc(F)cc(F)c1)c1c(C)cc(C)cc1Cl. The molecule has 0 radical (unpaired) electrons. The average Bonchev–Trinajstić information content (AvgIpc) is 2.64. The quantitative estimate of drug-likeness (QED) is 0.399. The predicted molar refractivity (Wildman–Crippen MR) is 120 cm³/mol. The van der Waals surface area contributed by atoms with Crippen LogP contribution in [-0.4, -0.2) is 14.9 Å². The van der Waals surface area contributed by atoms with Crippen molar-refractivity contribution in [1.82, 2.24) is 5.32 Å². The third kappa shape index (κ3) is 6.35. The van der Waals surface area contributed by atoms with Gasteiger partial charge in [-0.1, -0.05) is 38.4 Å². The summed E-state index contributed by atoms with van der Waals surface area (Å²) in [5, 5.41) is 4.03. The van der Waals surface area contributed by atoms with Gasteiger partial charge in [-0.05, 0) is 66.9 Å². The Kier molecular flexibility index (Phi) is 8.83. The van der Waals surface area contributed by atoms with Gasteiger partial charge in [-0.25, -0.2) is 8.78 Å². The van der Waals surface area contributed by atoms with Gasteiger partial charge in [0.25, 0.3) is 0 Å². The first-order valence-electron chi connectivity index (χ1n) is 10.3. The molecule has 2 rings (SSSR count). The molecule has 0 heterocycles. The van der Waals surface area contributed by atoms with Crippen molar-refractivity contribution in [2.75, 3.05) is 6.54 Å². The lowest BCUT2D eigenvalue weighted by Gasteiger charge is -2.34. The summed E-state index contributed by atoms with van der Waals surface area (Å²) in [5.41, 5.74) is 3.79. The van der Waals surface area contributed by atoms with Gasteiger partial charge in [-0.15, -0.1) is 0 Å². The number of rotatable bonds is 10. The predicted octanol–water partition coefficient (Wildman–Crippen LogP) is 7.09. The smallest absolute Gasteiger partial charge is 0.192 e. The molecule has 0 fully saturated rings. The third-order valence-electron chi connectivity index (χ3n) is 5.71. The van der Waals surface area contributed by atoms with Crippen LogP contribution in [0.3, 0.4) is 0 Å². The topological polar surface area (TPSA) is 21.3 Å². The first-order valence-corrected chi connectivity index (χ1v) is 13.2. The van der Waals surface area contributed by atoms with Crippen LogP contribution in [0.5, 0.6) is 0 Å². The van der Waals surface area contributed by atoms with E-state index in [2.05, 4.69) is 39.1 Å². The highest BCUT2D eigenvalue weighted by atomic mass is 35.5. The van der Waals surface area contributed by atoms with Gasteiger partial charge in [0.2, 0.25) is 0 Å². The van der Waals surface area contributed by atoms with E-state index in [1.807, 2.05) is 13.0 Å². The fraction of sp³-hybridized carbons (Fsp3) is 0.478. The maximum atomic E-state index is 13.5. The Morgan fingerprint density at radius 3 is 2.07 bits per heavy atom. The lowest BCUT2D eigenvalue weighted by Crippen LogP contribution is -2.40. The van der Waals surface area contributed by atoms with Crippen molar-refractivity contribution >= 4 is 19.9 Å². The molecular weight excluding hydrogens is 408 g/mol. The Morgan fingerprint density at radius 2 is 1.55 bits per heavy atom. The molecule has 0 aliphatic heterocycles. The zero-order valence-electron chi connectivity index (χ0n) is 18.0. The number of aryl methyl sites for hydroxylation is 2. The molecule has 0 saturated carbocycles. The van der Waals surface area contributed by atoms with Crippen LogP contribution in [0.4, 0.5) is 8.78 Å². The second-order valence-corrected chi connectivity index (χ2v) is 12.9. The van der Waals surface area contributed by atoms with Crippen LogP contribution in [0.1, 0.15) is 49.1 Å². The highest BCUT2D eigenvalue weighted by Crippen LogP contribution is 2.35. The molecule has 6 heteroatoms. The van der Waals surface area contributed by atoms with Crippen LogP contribution < -0.4 is 5.32 Å². The summed E-state index contributed by atoms with van der Waals surface area (Å²) in [4.78, 5) is 0. The molecule has 1 atom stereocenters. The molecule has 160 valence electrons. The van der Waals surface area contributed by atoms with E-state index in [9.17, 15) is 8.78 Å². The Labute approximate surface area is 179 Å². The zero-order chi connectivity index (χ0) is 21.6. The van der Waals surface area contributed by atoms with Crippen LogP contribution in [0.2, 0.25) is 23.2 Å². The molecule has 0 amide bonds. The maximum Gasteiger partial charge on any atom is 0.192 e. The summed E-state index contributed by atoms with van der Waals surface area (Å²) in [5.74, 6) is -1.14. The number of hydrogen-bond donors (Lipinski definition) is 1. The minimum atomic E-state index is -1.89. The summed E-state index contributed by atoms with van der Waals surface area (Å²) in [6, 6.07) is 10.8. The molecule has 0 spiro atoms. The van der Waals surface area contributed by atoms with Gasteiger partial charge in [0, 0.05) is 29.7 Å². The fourth-order valence-electron chi connectivity index (χ4n) is 3.90. The first kappa shape index (κ1) is 24.0. The van der Waals surface area contributed by atoms with E-state index in [0.717, 1.165) is 40.9 Å². The molecule has 0 aliphatic rings. The van der Waals surface area contributed by atoms with Crippen molar-refractivity contribution in [2.24, 2.45) is 0 Å². The van der Waals surface area contributed by atoms with Crippen LogP contribution in [-0.2, 0) is 11.0 Å². The van der Waals surface area contributed by atoms with E-state index in [4.69, 9.17) is 16.0 Å². The first-order chi connectivity index (χ1) is 13.7. The number of nitrogens with one attached hydrogen (secondary N) is 1. The van der Waals surface area contributed by atoms with E-state index in [1.54, 1.807) is 0 Å². The van der Waals surface area contributed by atoms with E-state index >= 15 is 0 Å². The van der Waals surface area contributed by atoms with Crippen molar-refractivity contribution < 1.29 is 13.2 Å². The summed E-state index contributed by atoms with van der Waals surface area (Å²) in [6.45, 7) is 11.6. The molecular formula is C23H32ClF2NOSi. The molecule has 29 heavy (non-hydrogen) atoms. The molecule has 0 aliphatic carbocycles. The second-order valence-electron chi connectivity index (χ2n) is 7.74. The third-order valence-corrected chi connectivity index (χ3v) is 10.7. The molecule has 0 aromatic heterocycles. The van der Waals surface area contributed by atoms with Crippen molar-refractivity contribution in [2.45, 2.75) is 65.4 Å². The van der Waals surface area contributed by atoms with Gasteiger partial charge in [0.1, 0.15) is 11.6 Å². The minimum absolute atomic E-state index is 0.201. The Balaban J connectivity index is 2.27. The van der Waals surface area contributed by atoms with Gasteiger partial charge in [0.15, 0.2) is 8.32 Å². The van der Waals surface area contributed by atoms with Crippen LogP contribution in [0, 0.1) is 25.5 Å². The molecule has 1 unspecified atom stereocenters. The van der Waals surface area contributed by atoms with Gasteiger partial charge in [-0.3, -0.25) is 0 Å². The van der Waals surface area contributed by atoms with Crippen LogP contribution in [0.15, 0.2) is 30.3 Å². The van der Waals surface area contributed by atoms with Crippen molar-refractivity contribution in [3.8, 4) is 0 Å². The van der Waals surface area contributed by atoms with Gasteiger partial charge in [0.05, 0.1) is 6.10 Å². The van der Waals surface area contributed by atoms with Crippen LogP contribution >= 0.6 is 11.6 Å². The Bertz CT molecular complexity index is 775. The molecule has 2 aromatic carbocycles. The van der Waals surface area contributed by atoms with Crippen molar-refractivity contribution in [3.63, 3.8) is 0 Å². The summed E-state index contributed by atoms with van der Waals surface area (Å²) in [6.07, 6.45) is -0.201. The number of hydrogen-bond acceptors (Lipinski definition) is 2. The van der Waals surface area contributed by atoms with Crippen LogP contribution in [0.25, 0.3) is 0 Å². The van der Waals surface area contributed by atoms with E-state index in [1.165, 1.54) is 12.1 Å². The molecule has 1 N–H and O–H groups in total. The van der Waals surface area contributed by atoms with Crippen molar-refractivity contribution in [1.29, 1.82) is 0 Å². The molecule has 2 nitrogen and oxygen atoms in total. The second kappa shape index (κ2) is 10.7. The van der Waals surface area contributed by atoms with Crippen molar-refractivity contribution in [3.05, 3.63) is 69.2 Å². The Hall–Kier alpha value is -1.27. The standard InChI is InChI=1S/C23H32ClF2NOSi/c1-6-29(7-2,8-3)28-22(23-17(5)9-16(4)10-21(23)24)15-27-14-18-11-19(25)13-20(26)12-18/h9-13,22,27H,6-8,14-15H2,1-5H3. The number of halogens is 3. The molecule has 0 saturated heterocycles. The van der Waals surface area contributed by atoms with Gasteiger partial charge >= 0.3 is 0 Å². The van der Waals surface area contributed by atoms with E-state index in [-0.39, 0.29) is 6.10 Å². The number of benzene rings is 2. The lowest BCUT2D eigenvalue weighted by molar-refractivity contribution is 0.185. The monoisotopic (exact) mass is 439 g/mol. The maximum absolute atomic E-state index is 13.5.